The van der Waals surface area contributed by atoms with Crippen molar-refractivity contribution in [3.63, 3.8) is 0 Å². The molecule has 0 saturated carbocycles. The Morgan fingerprint density at radius 1 is 0.917 bits per heavy atom. The second-order valence-electron chi connectivity index (χ2n) is 9.37. The number of anilines is 1. The van der Waals surface area contributed by atoms with Gasteiger partial charge in [0.2, 0.25) is 0 Å². The van der Waals surface area contributed by atoms with E-state index in [1.54, 1.807) is 0 Å². The quantitative estimate of drug-likeness (QED) is 0.198. The third-order valence-electron chi connectivity index (χ3n) is 7.09. The highest BCUT2D eigenvalue weighted by atomic mass is 79.9. The monoisotopic (exact) mass is 534 g/mol. The van der Waals surface area contributed by atoms with Crippen LogP contribution in [0.15, 0.2) is 119 Å². The zero-order valence-electron chi connectivity index (χ0n) is 19.8. The largest absolute Gasteiger partial charge is 0.488 e. The van der Waals surface area contributed by atoms with Crippen molar-refractivity contribution in [2.45, 2.75) is 25.0 Å². The summed E-state index contributed by atoms with van der Waals surface area (Å²) in [6.45, 7) is 0.520. The Balaban J connectivity index is 1.19. The van der Waals surface area contributed by atoms with Crippen LogP contribution in [0.4, 0.5) is 11.4 Å². The summed E-state index contributed by atoms with van der Waals surface area (Å²) in [5.41, 5.74) is 6.96. The molecule has 4 aromatic carbocycles. The van der Waals surface area contributed by atoms with E-state index < -0.39 is 0 Å². The number of nitrogens with one attached hydrogen (secondary N) is 1. The predicted molar refractivity (Wildman–Crippen MR) is 151 cm³/mol. The Morgan fingerprint density at radius 3 is 2.58 bits per heavy atom. The lowest BCUT2D eigenvalue weighted by atomic mass is 9.77. The maximum absolute atomic E-state index is 6.11. The smallest absolute Gasteiger partial charge is 0.128 e. The molecule has 178 valence electrons. The summed E-state index contributed by atoms with van der Waals surface area (Å²) in [7, 11) is 0. The van der Waals surface area contributed by atoms with Gasteiger partial charge in [0.15, 0.2) is 0 Å². The summed E-state index contributed by atoms with van der Waals surface area (Å²) < 4.78 is 7.10. The Kier molecular flexibility index (Phi) is 6.44. The highest BCUT2D eigenvalue weighted by Gasteiger charge is 2.37. The van der Waals surface area contributed by atoms with Crippen molar-refractivity contribution in [1.82, 2.24) is 0 Å². The third kappa shape index (κ3) is 4.74. The van der Waals surface area contributed by atoms with Crippen molar-refractivity contribution in [2.75, 3.05) is 5.32 Å². The summed E-state index contributed by atoms with van der Waals surface area (Å²) in [6, 6.07) is 33.8. The second kappa shape index (κ2) is 10.2. The van der Waals surface area contributed by atoms with Gasteiger partial charge >= 0.3 is 0 Å². The molecule has 36 heavy (non-hydrogen) atoms. The highest BCUT2D eigenvalue weighted by Crippen LogP contribution is 2.49. The maximum atomic E-state index is 6.11. The van der Waals surface area contributed by atoms with Gasteiger partial charge < -0.3 is 10.1 Å². The molecule has 0 unspecified atom stereocenters. The summed E-state index contributed by atoms with van der Waals surface area (Å²) >= 11 is 3.58. The molecule has 0 amide bonds. The molecule has 0 radical (unpaired) electrons. The van der Waals surface area contributed by atoms with Crippen LogP contribution in [0.5, 0.6) is 5.75 Å². The fourth-order valence-electron chi connectivity index (χ4n) is 5.27. The summed E-state index contributed by atoms with van der Waals surface area (Å²) in [5, 5.41) is 3.80. The fraction of sp³-hybridized carbons (Fsp3) is 0.156. The molecule has 0 fully saturated rings. The number of benzene rings is 4. The molecule has 0 spiro atoms. The van der Waals surface area contributed by atoms with Crippen molar-refractivity contribution >= 4 is 33.5 Å². The number of para-hydroxylation sites is 1. The average molecular weight is 535 g/mol. The molecular formula is C32H27BrN2O. The van der Waals surface area contributed by atoms with Gasteiger partial charge in [0.1, 0.15) is 12.4 Å². The lowest BCUT2D eigenvalue weighted by Gasteiger charge is -2.37. The predicted octanol–water partition coefficient (Wildman–Crippen LogP) is 8.61. The normalized spacial score (nSPS) is 20.1. The minimum atomic E-state index is 0.293. The minimum absolute atomic E-state index is 0.293. The SMILES string of the molecule is Brc1ccc(OCc2ccccc2)c(C=Nc2ccc([C@@H]3Nc4ccccc4[C@H]4C=CC[C@H]43)cc2)c1. The van der Waals surface area contributed by atoms with Crippen molar-refractivity contribution < 1.29 is 4.74 Å². The van der Waals surface area contributed by atoms with Gasteiger partial charge in [0.25, 0.3) is 0 Å². The van der Waals surface area contributed by atoms with Crippen LogP contribution in [0.25, 0.3) is 0 Å². The molecule has 0 saturated heterocycles. The number of rotatable bonds is 6. The van der Waals surface area contributed by atoms with Gasteiger partial charge in [-0.1, -0.05) is 88.7 Å². The van der Waals surface area contributed by atoms with Crippen LogP contribution in [-0.4, -0.2) is 6.21 Å². The third-order valence-corrected chi connectivity index (χ3v) is 7.58. The van der Waals surface area contributed by atoms with Crippen LogP contribution in [0.1, 0.15) is 40.6 Å². The first-order chi connectivity index (χ1) is 17.7. The van der Waals surface area contributed by atoms with E-state index in [0.29, 0.717) is 24.5 Å². The molecule has 3 nitrogen and oxygen atoms in total. The van der Waals surface area contributed by atoms with Gasteiger partial charge in [0, 0.05) is 27.9 Å². The van der Waals surface area contributed by atoms with Gasteiger partial charge in [-0.05, 0) is 65.4 Å². The van der Waals surface area contributed by atoms with E-state index in [2.05, 4.69) is 94.1 Å². The number of hydrogen-bond acceptors (Lipinski definition) is 3. The Hall–Kier alpha value is -3.63. The summed E-state index contributed by atoms with van der Waals surface area (Å²) in [5.74, 6) is 1.84. The van der Waals surface area contributed by atoms with Crippen LogP contribution in [-0.2, 0) is 6.61 Å². The number of allylic oxidation sites excluding steroid dienone is 2. The van der Waals surface area contributed by atoms with Crippen LogP contribution in [0.3, 0.4) is 0 Å². The van der Waals surface area contributed by atoms with Crippen LogP contribution >= 0.6 is 15.9 Å². The lowest BCUT2D eigenvalue weighted by molar-refractivity contribution is 0.306. The number of ether oxygens (including phenoxy) is 1. The second-order valence-corrected chi connectivity index (χ2v) is 10.3. The first-order valence-corrected chi connectivity index (χ1v) is 13.2. The van der Waals surface area contributed by atoms with E-state index >= 15 is 0 Å². The number of nitrogens with zero attached hydrogens (tertiary/aromatic N) is 1. The molecule has 1 aliphatic carbocycles. The van der Waals surface area contributed by atoms with Crippen molar-refractivity contribution in [3.05, 3.63) is 136 Å². The number of hydrogen-bond donors (Lipinski definition) is 1. The minimum Gasteiger partial charge on any atom is -0.488 e. The van der Waals surface area contributed by atoms with Crippen molar-refractivity contribution in [3.8, 4) is 5.75 Å². The molecule has 4 aromatic rings. The molecule has 1 aliphatic heterocycles. The topological polar surface area (TPSA) is 33.6 Å². The molecule has 4 heteroatoms. The van der Waals surface area contributed by atoms with Gasteiger partial charge in [0.05, 0.1) is 11.7 Å². The molecule has 1 N–H and O–H groups in total. The Bertz CT molecular complexity index is 1410. The zero-order valence-corrected chi connectivity index (χ0v) is 21.4. The average Bonchev–Trinajstić information content (AvgIpc) is 3.42. The van der Waals surface area contributed by atoms with E-state index in [1.807, 2.05) is 42.6 Å². The molecule has 6 rings (SSSR count). The first-order valence-electron chi connectivity index (χ1n) is 12.4. The molecule has 1 heterocycles. The fourth-order valence-corrected chi connectivity index (χ4v) is 5.65. The number of aliphatic imine (C=N–C) groups is 1. The Labute approximate surface area is 220 Å². The van der Waals surface area contributed by atoms with Gasteiger partial charge in [-0.2, -0.15) is 0 Å². The zero-order chi connectivity index (χ0) is 24.3. The molecular weight excluding hydrogens is 508 g/mol. The summed E-state index contributed by atoms with van der Waals surface area (Å²) in [6.07, 6.45) is 7.70. The van der Waals surface area contributed by atoms with E-state index in [9.17, 15) is 0 Å². The number of halogens is 1. The van der Waals surface area contributed by atoms with Gasteiger partial charge in [-0.25, -0.2) is 0 Å². The molecule has 2 aliphatic rings. The van der Waals surface area contributed by atoms with E-state index in [4.69, 9.17) is 9.73 Å². The van der Waals surface area contributed by atoms with Crippen molar-refractivity contribution in [1.29, 1.82) is 0 Å². The van der Waals surface area contributed by atoms with E-state index in [-0.39, 0.29) is 0 Å². The Morgan fingerprint density at radius 2 is 1.72 bits per heavy atom. The van der Waals surface area contributed by atoms with Gasteiger partial charge in [-0.15, -0.1) is 0 Å². The standard InChI is InChI=1S/C32H27BrN2O/c33-25-15-18-31(36-21-22-7-2-1-3-8-22)24(19-25)20-34-26-16-13-23(14-17-26)32-29-11-6-10-27(29)28-9-4-5-12-30(28)35-32/h1-10,12-20,27,29,32,35H,11,21H2/t27-,29-,32+/m1/s1. The molecule has 3 atom stereocenters. The van der Waals surface area contributed by atoms with Gasteiger partial charge in [-0.3, -0.25) is 4.99 Å². The highest BCUT2D eigenvalue weighted by molar-refractivity contribution is 9.10. The molecule has 0 bridgehead atoms. The van der Waals surface area contributed by atoms with Crippen molar-refractivity contribution in [2.24, 2.45) is 10.9 Å². The van der Waals surface area contributed by atoms with Crippen LogP contribution in [0, 0.1) is 5.92 Å². The van der Waals surface area contributed by atoms with E-state index in [0.717, 1.165) is 33.5 Å². The number of fused-ring (bicyclic) bond motifs is 3. The summed E-state index contributed by atoms with van der Waals surface area (Å²) in [4.78, 5) is 4.76. The molecule has 0 aromatic heterocycles. The van der Waals surface area contributed by atoms with Crippen LogP contribution < -0.4 is 10.1 Å². The van der Waals surface area contributed by atoms with Crippen LogP contribution in [0.2, 0.25) is 0 Å². The lowest BCUT2D eigenvalue weighted by Crippen LogP contribution is -2.28. The van der Waals surface area contributed by atoms with E-state index in [1.165, 1.54) is 16.8 Å². The maximum Gasteiger partial charge on any atom is 0.128 e. The first kappa shape index (κ1) is 22.8.